The lowest BCUT2D eigenvalue weighted by atomic mass is 10.1. The van der Waals surface area contributed by atoms with Gasteiger partial charge in [0, 0.05) is 18.8 Å². The number of likely N-dealkylation sites (N-methyl/N-ethyl adjacent to an activating group) is 1. The molecule has 86 valence electrons. The molecule has 0 aliphatic carbocycles. The molecule has 0 fully saturated rings. The lowest BCUT2D eigenvalue weighted by molar-refractivity contribution is 0.367. The largest absolute Gasteiger partial charge is 0.384 e. The molecule has 0 unspecified atom stereocenters. The minimum absolute atomic E-state index is 0.747. The van der Waals surface area contributed by atoms with Crippen LogP contribution in [0.5, 0.6) is 0 Å². The summed E-state index contributed by atoms with van der Waals surface area (Å²) < 4.78 is 0. The van der Waals surface area contributed by atoms with Crippen LogP contribution in [0.25, 0.3) is 0 Å². The van der Waals surface area contributed by atoms with E-state index >= 15 is 0 Å². The number of rotatable bonds is 5. The van der Waals surface area contributed by atoms with Crippen LogP contribution >= 0.6 is 0 Å². The maximum absolute atomic E-state index is 8.81. The second-order valence-electron chi connectivity index (χ2n) is 3.96. The summed E-state index contributed by atoms with van der Waals surface area (Å²) in [5.41, 5.74) is 2.86. The quantitative estimate of drug-likeness (QED) is 0.822. The van der Waals surface area contributed by atoms with Crippen molar-refractivity contribution in [2.75, 3.05) is 32.0 Å². The van der Waals surface area contributed by atoms with Crippen molar-refractivity contribution in [1.29, 1.82) is 5.26 Å². The zero-order chi connectivity index (χ0) is 12.0. The van der Waals surface area contributed by atoms with Crippen LogP contribution < -0.4 is 5.32 Å². The van der Waals surface area contributed by atoms with E-state index in [1.54, 1.807) is 0 Å². The van der Waals surface area contributed by atoms with Crippen molar-refractivity contribution in [2.45, 2.75) is 13.8 Å². The third-order valence-electron chi connectivity index (χ3n) is 2.71. The van der Waals surface area contributed by atoms with Gasteiger partial charge in [-0.25, -0.2) is 0 Å². The van der Waals surface area contributed by atoms with Crippen LogP contribution in [0.2, 0.25) is 0 Å². The lowest BCUT2D eigenvalue weighted by Crippen LogP contribution is -2.24. The van der Waals surface area contributed by atoms with Crippen LogP contribution in [0.4, 0.5) is 5.69 Å². The molecule has 0 spiro atoms. The summed E-state index contributed by atoms with van der Waals surface area (Å²) in [4.78, 5) is 2.25. The monoisotopic (exact) mass is 217 g/mol. The summed E-state index contributed by atoms with van der Waals surface area (Å²) in [7, 11) is 2.10. The van der Waals surface area contributed by atoms with Crippen molar-refractivity contribution < 1.29 is 0 Å². The molecule has 0 aliphatic rings. The third-order valence-corrected chi connectivity index (χ3v) is 2.71. The number of anilines is 1. The average molecular weight is 217 g/mol. The summed E-state index contributed by atoms with van der Waals surface area (Å²) in [5, 5.41) is 12.2. The highest BCUT2D eigenvalue weighted by Gasteiger charge is 1.99. The summed E-state index contributed by atoms with van der Waals surface area (Å²) in [6, 6.07) is 8.01. The molecule has 0 atom stereocenters. The van der Waals surface area contributed by atoms with Gasteiger partial charge in [-0.15, -0.1) is 0 Å². The third kappa shape index (κ3) is 3.56. The van der Waals surface area contributed by atoms with Crippen molar-refractivity contribution in [3.63, 3.8) is 0 Å². The molecule has 0 amide bonds. The zero-order valence-electron chi connectivity index (χ0n) is 10.2. The molecule has 0 bridgehead atoms. The molecule has 3 heteroatoms. The summed E-state index contributed by atoms with van der Waals surface area (Å²) >= 11 is 0. The standard InChI is InChI=1S/C13H19N3/c1-4-16(3)8-7-15-13-6-5-12(10-14)11(2)9-13/h5-6,9,15H,4,7-8H2,1-3H3. The molecule has 3 nitrogen and oxygen atoms in total. The minimum Gasteiger partial charge on any atom is -0.384 e. The molecule has 1 aromatic rings. The number of nitrogens with one attached hydrogen (secondary N) is 1. The first-order chi connectivity index (χ1) is 7.67. The predicted molar refractivity (Wildman–Crippen MR) is 67.6 cm³/mol. The first kappa shape index (κ1) is 12.5. The molecule has 1 N–H and O–H groups in total. The fourth-order valence-corrected chi connectivity index (χ4v) is 1.45. The Labute approximate surface area is 97.7 Å². The Morgan fingerprint density at radius 3 is 2.75 bits per heavy atom. The number of benzene rings is 1. The Balaban J connectivity index is 2.50. The van der Waals surface area contributed by atoms with Crippen molar-refractivity contribution in [3.05, 3.63) is 29.3 Å². The van der Waals surface area contributed by atoms with Crippen molar-refractivity contribution in [2.24, 2.45) is 0 Å². The molecular weight excluding hydrogens is 198 g/mol. The van der Waals surface area contributed by atoms with Gasteiger partial charge in [-0.05, 0) is 44.3 Å². The Hall–Kier alpha value is -1.53. The topological polar surface area (TPSA) is 39.1 Å². The predicted octanol–water partition coefficient (Wildman–Crippen LogP) is 2.23. The van der Waals surface area contributed by atoms with Crippen LogP contribution in [0.1, 0.15) is 18.1 Å². The fourth-order valence-electron chi connectivity index (χ4n) is 1.45. The van der Waals surface area contributed by atoms with Gasteiger partial charge >= 0.3 is 0 Å². The van der Waals surface area contributed by atoms with Gasteiger partial charge in [0.25, 0.3) is 0 Å². The van der Waals surface area contributed by atoms with E-state index in [1.807, 2.05) is 25.1 Å². The van der Waals surface area contributed by atoms with E-state index in [1.165, 1.54) is 0 Å². The second-order valence-corrected chi connectivity index (χ2v) is 3.96. The van der Waals surface area contributed by atoms with Crippen LogP contribution in [-0.4, -0.2) is 31.6 Å². The number of nitrogens with zero attached hydrogens (tertiary/aromatic N) is 2. The molecule has 1 rings (SSSR count). The van der Waals surface area contributed by atoms with E-state index < -0.39 is 0 Å². The van der Waals surface area contributed by atoms with Crippen molar-refractivity contribution in [1.82, 2.24) is 4.90 Å². The van der Waals surface area contributed by atoms with Gasteiger partial charge in [0.2, 0.25) is 0 Å². The smallest absolute Gasteiger partial charge is 0.0994 e. The van der Waals surface area contributed by atoms with E-state index in [4.69, 9.17) is 5.26 Å². The fraction of sp³-hybridized carbons (Fsp3) is 0.462. The Morgan fingerprint density at radius 1 is 1.44 bits per heavy atom. The summed E-state index contributed by atoms with van der Waals surface area (Å²) in [5.74, 6) is 0. The SMILES string of the molecule is CCN(C)CCNc1ccc(C#N)c(C)c1. The van der Waals surface area contributed by atoms with Gasteiger partial charge in [0.1, 0.15) is 0 Å². The van der Waals surface area contributed by atoms with Gasteiger partial charge in [0.15, 0.2) is 0 Å². The minimum atomic E-state index is 0.747. The molecule has 0 heterocycles. The van der Waals surface area contributed by atoms with E-state index in [0.29, 0.717) is 0 Å². The van der Waals surface area contributed by atoms with Crippen LogP contribution in [0, 0.1) is 18.3 Å². The van der Waals surface area contributed by atoms with Crippen molar-refractivity contribution in [3.8, 4) is 6.07 Å². The second kappa shape index (κ2) is 6.14. The number of nitriles is 1. The van der Waals surface area contributed by atoms with E-state index in [2.05, 4.69) is 30.3 Å². The molecular formula is C13H19N3. The molecule has 0 aromatic heterocycles. The lowest BCUT2D eigenvalue weighted by Gasteiger charge is -2.15. The molecule has 0 saturated carbocycles. The van der Waals surface area contributed by atoms with Crippen LogP contribution in [0.15, 0.2) is 18.2 Å². The Kier molecular flexibility index (Phi) is 4.81. The van der Waals surface area contributed by atoms with E-state index in [9.17, 15) is 0 Å². The first-order valence-electron chi connectivity index (χ1n) is 5.60. The van der Waals surface area contributed by atoms with E-state index in [0.717, 1.165) is 36.4 Å². The number of hydrogen-bond acceptors (Lipinski definition) is 3. The summed E-state index contributed by atoms with van der Waals surface area (Å²) in [6.07, 6.45) is 0. The summed E-state index contributed by atoms with van der Waals surface area (Å²) in [6.45, 7) is 7.12. The maximum atomic E-state index is 8.81. The molecule has 0 radical (unpaired) electrons. The highest BCUT2D eigenvalue weighted by Crippen LogP contribution is 2.13. The number of aryl methyl sites for hydroxylation is 1. The van der Waals surface area contributed by atoms with Gasteiger partial charge in [-0.2, -0.15) is 5.26 Å². The first-order valence-corrected chi connectivity index (χ1v) is 5.60. The zero-order valence-corrected chi connectivity index (χ0v) is 10.2. The van der Waals surface area contributed by atoms with E-state index in [-0.39, 0.29) is 0 Å². The molecule has 0 aliphatic heterocycles. The van der Waals surface area contributed by atoms with Gasteiger partial charge in [-0.3, -0.25) is 0 Å². The van der Waals surface area contributed by atoms with Crippen LogP contribution in [0.3, 0.4) is 0 Å². The number of hydrogen-bond donors (Lipinski definition) is 1. The molecule has 0 saturated heterocycles. The van der Waals surface area contributed by atoms with Crippen molar-refractivity contribution >= 4 is 5.69 Å². The normalized spacial score (nSPS) is 10.2. The highest BCUT2D eigenvalue weighted by atomic mass is 15.1. The van der Waals surface area contributed by atoms with Gasteiger partial charge < -0.3 is 10.2 Å². The Morgan fingerprint density at radius 2 is 2.19 bits per heavy atom. The van der Waals surface area contributed by atoms with Gasteiger partial charge in [0.05, 0.1) is 11.6 Å². The van der Waals surface area contributed by atoms with Gasteiger partial charge in [-0.1, -0.05) is 6.92 Å². The van der Waals surface area contributed by atoms with Crippen LogP contribution in [-0.2, 0) is 0 Å². The highest BCUT2D eigenvalue weighted by molar-refractivity contribution is 5.51. The average Bonchev–Trinajstić information content (AvgIpc) is 2.29. The Bertz CT molecular complexity index is 379. The maximum Gasteiger partial charge on any atom is 0.0994 e. The molecule has 1 aromatic carbocycles. The molecule has 16 heavy (non-hydrogen) atoms.